The topological polar surface area (TPSA) is 116 Å². The number of amides is 1. The minimum atomic E-state index is -1.31. The summed E-state index contributed by atoms with van der Waals surface area (Å²) in [5.41, 5.74) is 1.58. The van der Waals surface area contributed by atoms with E-state index in [9.17, 15) is 24.8 Å². The first-order valence-corrected chi connectivity index (χ1v) is 7.54. The van der Waals surface area contributed by atoms with Gasteiger partial charge in [0, 0.05) is 12.1 Å². The summed E-state index contributed by atoms with van der Waals surface area (Å²) in [5.74, 6) is -1.72. The van der Waals surface area contributed by atoms with Gasteiger partial charge in [-0.3, -0.25) is 14.9 Å². The second-order valence-corrected chi connectivity index (χ2v) is 5.55. The Morgan fingerprint density at radius 2 is 1.88 bits per heavy atom. The molecule has 0 saturated heterocycles. The fraction of sp³-hybridized carbons (Fsp3) is 0.0556. The van der Waals surface area contributed by atoms with Gasteiger partial charge in [0.05, 0.1) is 27.9 Å². The third kappa shape index (κ3) is 3.20. The number of anilines is 1. The van der Waals surface area contributed by atoms with Crippen molar-refractivity contribution in [2.45, 2.75) is 6.92 Å². The van der Waals surface area contributed by atoms with E-state index in [4.69, 9.17) is 0 Å². The smallest absolute Gasteiger partial charge is 0.280 e. The second kappa shape index (κ2) is 6.60. The van der Waals surface area contributed by atoms with Crippen LogP contribution in [0.3, 0.4) is 0 Å². The molecule has 0 N–H and O–H groups in total. The van der Waals surface area contributed by atoms with E-state index in [1.807, 2.05) is 0 Å². The van der Waals surface area contributed by atoms with Gasteiger partial charge in [-0.25, -0.2) is 0 Å². The Morgan fingerprint density at radius 1 is 1.19 bits per heavy atom. The summed E-state index contributed by atoms with van der Waals surface area (Å²) in [6.45, 7) is 1.65. The van der Waals surface area contributed by atoms with Crippen molar-refractivity contribution >= 4 is 35.0 Å². The van der Waals surface area contributed by atoms with Gasteiger partial charge >= 0.3 is 0 Å². The highest BCUT2D eigenvalue weighted by Crippen LogP contribution is 2.26. The molecule has 2 aromatic carbocycles. The molecule has 0 atom stereocenters. The van der Waals surface area contributed by atoms with Crippen LogP contribution in [0, 0.1) is 10.1 Å². The number of nitro benzene ring substituents is 1. The van der Waals surface area contributed by atoms with Gasteiger partial charge < -0.3 is 9.90 Å². The number of hydrazone groups is 1. The second-order valence-electron chi connectivity index (χ2n) is 5.55. The summed E-state index contributed by atoms with van der Waals surface area (Å²) in [5, 5.41) is 27.0. The fourth-order valence-electron chi connectivity index (χ4n) is 2.49. The molecule has 8 heteroatoms. The predicted molar refractivity (Wildman–Crippen MR) is 92.4 cm³/mol. The maximum atomic E-state index is 12.6. The van der Waals surface area contributed by atoms with Crippen molar-refractivity contribution < 1.29 is 19.6 Å². The van der Waals surface area contributed by atoms with Gasteiger partial charge in [0.15, 0.2) is 0 Å². The Morgan fingerprint density at radius 3 is 2.50 bits per heavy atom. The van der Waals surface area contributed by atoms with Gasteiger partial charge in [0.25, 0.3) is 11.6 Å². The first-order chi connectivity index (χ1) is 12.4. The number of nitrogens with zero attached hydrogens (tertiary/aromatic N) is 3. The number of non-ortho nitro benzene ring substituents is 1. The molecule has 0 radical (unpaired) electrons. The molecule has 26 heavy (non-hydrogen) atoms. The van der Waals surface area contributed by atoms with Crippen LogP contribution in [0.4, 0.5) is 11.4 Å². The number of carbonyl (C=O) groups excluding carboxylic acids is 2. The van der Waals surface area contributed by atoms with Crippen LogP contribution in [-0.2, 0) is 4.79 Å². The van der Waals surface area contributed by atoms with Gasteiger partial charge in [-0.05, 0) is 36.3 Å². The first-order valence-electron chi connectivity index (χ1n) is 7.54. The van der Waals surface area contributed by atoms with E-state index in [1.54, 1.807) is 13.0 Å². The van der Waals surface area contributed by atoms with Crippen molar-refractivity contribution in [1.82, 2.24) is 0 Å². The summed E-state index contributed by atoms with van der Waals surface area (Å²) in [6, 6.07) is 11.5. The molecule has 0 aliphatic carbocycles. The molecule has 0 bridgehead atoms. The third-order valence-corrected chi connectivity index (χ3v) is 3.80. The number of hydrogen-bond donors (Lipinski definition) is 0. The summed E-state index contributed by atoms with van der Waals surface area (Å²) in [4.78, 5) is 33.8. The van der Waals surface area contributed by atoms with Crippen molar-refractivity contribution in [1.29, 1.82) is 0 Å². The largest absolute Gasteiger partial charge is 0.545 e. The highest BCUT2D eigenvalue weighted by Gasteiger charge is 2.28. The minimum Gasteiger partial charge on any atom is -0.545 e. The Balaban J connectivity index is 1.91. The van der Waals surface area contributed by atoms with E-state index in [1.165, 1.54) is 48.5 Å². The van der Waals surface area contributed by atoms with Gasteiger partial charge in [0.1, 0.15) is 0 Å². The standard InChI is InChI=1S/C18H13N3O5/c1-11-16(10-12-3-2-4-15(9-12)21(25)26)17(22)20(19-11)14-7-5-13(6-8-14)18(23)24/h2-10H,1H3,(H,23,24)/p-1/b16-10-. The van der Waals surface area contributed by atoms with Crippen molar-refractivity contribution in [3.05, 3.63) is 75.3 Å². The molecule has 1 heterocycles. The van der Waals surface area contributed by atoms with Crippen LogP contribution >= 0.6 is 0 Å². The highest BCUT2D eigenvalue weighted by atomic mass is 16.6. The monoisotopic (exact) mass is 350 g/mol. The number of carboxylic acids is 1. The normalized spacial score (nSPS) is 15.3. The lowest BCUT2D eigenvalue weighted by molar-refractivity contribution is -0.384. The van der Waals surface area contributed by atoms with Crippen LogP contribution in [-0.4, -0.2) is 22.5 Å². The average molecular weight is 350 g/mol. The molecule has 1 aliphatic heterocycles. The van der Waals surface area contributed by atoms with E-state index in [2.05, 4.69) is 5.10 Å². The van der Waals surface area contributed by atoms with E-state index in [-0.39, 0.29) is 11.3 Å². The predicted octanol–water partition coefficient (Wildman–Crippen LogP) is 1.76. The van der Waals surface area contributed by atoms with Crippen LogP contribution in [0.5, 0.6) is 0 Å². The highest BCUT2D eigenvalue weighted by molar-refractivity contribution is 6.32. The number of aromatic carboxylic acids is 1. The molecule has 130 valence electrons. The number of carbonyl (C=O) groups is 2. The number of carboxylic acid groups (broad SMARTS) is 1. The van der Waals surface area contributed by atoms with Crippen LogP contribution in [0.2, 0.25) is 0 Å². The minimum absolute atomic E-state index is 0.00606. The van der Waals surface area contributed by atoms with Gasteiger partial charge in [-0.2, -0.15) is 10.1 Å². The molecule has 0 spiro atoms. The first kappa shape index (κ1) is 17.0. The zero-order valence-electron chi connectivity index (χ0n) is 13.6. The lowest BCUT2D eigenvalue weighted by Crippen LogP contribution is -2.23. The molecule has 8 nitrogen and oxygen atoms in total. The van der Waals surface area contributed by atoms with Crippen LogP contribution < -0.4 is 10.1 Å². The quantitative estimate of drug-likeness (QED) is 0.473. The van der Waals surface area contributed by atoms with Crippen LogP contribution in [0.25, 0.3) is 6.08 Å². The molecule has 0 unspecified atom stereocenters. The molecule has 0 fully saturated rings. The van der Waals surface area contributed by atoms with Gasteiger partial charge in [0.2, 0.25) is 0 Å². The summed E-state index contributed by atoms with van der Waals surface area (Å²) in [6.07, 6.45) is 1.53. The number of benzene rings is 2. The van der Waals surface area contributed by atoms with Crippen molar-refractivity contribution in [3.8, 4) is 0 Å². The SMILES string of the molecule is CC1=NN(c2ccc(C(=O)[O-])cc2)C(=O)/C1=C\c1cccc([N+](=O)[O-])c1. The van der Waals surface area contributed by atoms with Gasteiger partial charge in [-0.15, -0.1) is 0 Å². The number of nitro groups is 1. The molecule has 1 amide bonds. The molecular weight excluding hydrogens is 338 g/mol. The lowest BCUT2D eigenvalue weighted by Gasteiger charge is -2.12. The van der Waals surface area contributed by atoms with Crippen molar-refractivity contribution in [3.63, 3.8) is 0 Å². The zero-order chi connectivity index (χ0) is 18.8. The van der Waals surface area contributed by atoms with Gasteiger partial charge in [-0.1, -0.05) is 24.3 Å². The Bertz CT molecular complexity index is 977. The maximum Gasteiger partial charge on any atom is 0.280 e. The molecule has 1 aliphatic rings. The summed E-state index contributed by atoms with van der Waals surface area (Å²) >= 11 is 0. The Labute approximate surface area is 147 Å². The van der Waals surface area contributed by atoms with E-state index < -0.39 is 16.8 Å². The number of hydrogen-bond acceptors (Lipinski definition) is 6. The van der Waals surface area contributed by atoms with E-state index in [0.717, 1.165) is 5.01 Å². The van der Waals surface area contributed by atoms with E-state index >= 15 is 0 Å². The summed E-state index contributed by atoms with van der Waals surface area (Å²) in [7, 11) is 0. The zero-order valence-corrected chi connectivity index (χ0v) is 13.6. The average Bonchev–Trinajstić information content (AvgIpc) is 2.90. The lowest BCUT2D eigenvalue weighted by atomic mass is 10.1. The van der Waals surface area contributed by atoms with Crippen LogP contribution in [0.1, 0.15) is 22.8 Å². The molecule has 0 aromatic heterocycles. The Kier molecular flexibility index (Phi) is 4.32. The Hall–Kier alpha value is -3.81. The number of rotatable bonds is 4. The van der Waals surface area contributed by atoms with Crippen LogP contribution in [0.15, 0.2) is 59.2 Å². The molecule has 0 saturated carbocycles. The molecular formula is C18H12N3O5-. The molecule has 3 rings (SSSR count). The maximum absolute atomic E-state index is 12.6. The van der Waals surface area contributed by atoms with Crippen molar-refractivity contribution in [2.24, 2.45) is 5.10 Å². The van der Waals surface area contributed by atoms with E-state index in [0.29, 0.717) is 22.5 Å². The summed E-state index contributed by atoms with van der Waals surface area (Å²) < 4.78 is 0. The third-order valence-electron chi connectivity index (χ3n) is 3.80. The van der Waals surface area contributed by atoms with Crippen molar-refractivity contribution in [2.75, 3.05) is 5.01 Å². The molecule has 2 aromatic rings. The fourth-order valence-corrected chi connectivity index (χ4v) is 2.49.